The Morgan fingerprint density at radius 1 is 1.18 bits per heavy atom. The number of rotatable bonds is 9. The predicted molar refractivity (Wildman–Crippen MR) is 150 cm³/mol. The molecular formula is C30H41N7O. The molecule has 3 aromatic rings. The maximum Gasteiger partial charge on any atom is 0.328 e. The first kappa shape index (κ1) is 26.2. The monoisotopic (exact) mass is 515 g/mol. The van der Waals surface area contributed by atoms with E-state index in [4.69, 9.17) is 0 Å². The fraction of sp³-hybridized carbons (Fsp3) is 0.533. The van der Waals surface area contributed by atoms with Crippen molar-refractivity contribution in [3.05, 3.63) is 76.8 Å². The van der Waals surface area contributed by atoms with Crippen LogP contribution in [0, 0.1) is 17.8 Å². The lowest BCUT2D eigenvalue weighted by Gasteiger charge is -2.39. The molecule has 2 N–H and O–H groups in total. The smallest absolute Gasteiger partial charge is 0.328 e. The molecule has 3 atom stereocenters. The third kappa shape index (κ3) is 5.00. The second kappa shape index (κ2) is 11.1. The Morgan fingerprint density at radius 2 is 2.00 bits per heavy atom. The van der Waals surface area contributed by atoms with Gasteiger partial charge in [0.05, 0.1) is 5.41 Å². The normalized spacial score (nSPS) is 22.6. The fourth-order valence-electron chi connectivity index (χ4n) is 6.52. The van der Waals surface area contributed by atoms with Crippen LogP contribution >= 0.6 is 0 Å². The quantitative estimate of drug-likeness (QED) is 0.399. The summed E-state index contributed by atoms with van der Waals surface area (Å²) in [4.78, 5) is 14.3. The summed E-state index contributed by atoms with van der Waals surface area (Å²) < 4.78 is 4.16. The summed E-state index contributed by atoms with van der Waals surface area (Å²) in [6.07, 6.45) is 17.1. The van der Waals surface area contributed by atoms with Crippen LogP contribution in [0.2, 0.25) is 0 Å². The largest absolute Gasteiger partial charge is 0.368 e. The van der Waals surface area contributed by atoms with Gasteiger partial charge in [-0.1, -0.05) is 70.9 Å². The molecule has 0 radical (unpaired) electrons. The van der Waals surface area contributed by atoms with Crippen LogP contribution in [-0.4, -0.2) is 29.8 Å². The number of aromatic nitrogens is 6. The zero-order valence-corrected chi connectivity index (χ0v) is 23.1. The van der Waals surface area contributed by atoms with Gasteiger partial charge in [0, 0.05) is 30.0 Å². The molecule has 8 nitrogen and oxygen atoms in total. The lowest BCUT2D eigenvalue weighted by molar-refractivity contribution is 0.126. The van der Waals surface area contributed by atoms with Gasteiger partial charge < -0.3 is 5.32 Å². The van der Waals surface area contributed by atoms with Crippen molar-refractivity contribution in [3.8, 4) is 11.4 Å². The van der Waals surface area contributed by atoms with Crippen molar-refractivity contribution >= 4 is 0 Å². The number of nitrogens with one attached hydrogen (secondary N) is 2. The van der Waals surface area contributed by atoms with Crippen molar-refractivity contribution in [3.63, 3.8) is 0 Å². The van der Waals surface area contributed by atoms with Gasteiger partial charge in [-0.25, -0.2) is 4.79 Å². The van der Waals surface area contributed by atoms with Crippen molar-refractivity contribution < 1.29 is 0 Å². The van der Waals surface area contributed by atoms with E-state index in [0.717, 1.165) is 36.1 Å². The van der Waals surface area contributed by atoms with E-state index < -0.39 is 5.41 Å². The minimum absolute atomic E-state index is 0.120. The molecule has 0 bridgehead atoms. The lowest BCUT2D eigenvalue weighted by atomic mass is 9.72. The Labute approximate surface area is 225 Å². The van der Waals surface area contributed by atoms with E-state index in [1.807, 2.05) is 24.5 Å². The molecule has 8 heteroatoms. The Kier molecular flexibility index (Phi) is 7.68. The number of aryl methyl sites for hydroxylation is 1. The Hall–Kier alpha value is -3.42. The molecule has 1 aliphatic carbocycles. The third-order valence-corrected chi connectivity index (χ3v) is 8.65. The van der Waals surface area contributed by atoms with Crippen molar-refractivity contribution in [2.75, 3.05) is 0 Å². The van der Waals surface area contributed by atoms with Crippen molar-refractivity contribution in [2.24, 2.45) is 17.8 Å². The molecule has 1 fully saturated rings. The highest BCUT2D eigenvalue weighted by atomic mass is 16.1. The molecule has 2 aromatic heterocycles. The highest BCUT2D eigenvalue weighted by Crippen LogP contribution is 2.42. The second-order valence-electron chi connectivity index (χ2n) is 11.5. The van der Waals surface area contributed by atoms with Gasteiger partial charge in [0.25, 0.3) is 0 Å². The van der Waals surface area contributed by atoms with Gasteiger partial charge in [-0.15, -0.1) is 10.2 Å². The highest BCUT2D eigenvalue weighted by molar-refractivity contribution is 5.57. The summed E-state index contributed by atoms with van der Waals surface area (Å²) in [5.41, 5.74) is 2.74. The van der Waals surface area contributed by atoms with E-state index in [1.165, 1.54) is 19.3 Å². The predicted octanol–water partition coefficient (Wildman–Crippen LogP) is 5.37. The van der Waals surface area contributed by atoms with Gasteiger partial charge >= 0.3 is 5.69 Å². The molecule has 3 heterocycles. The van der Waals surface area contributed by atoms with Crippen molar-refractivity contribution in [2.45, 2.75) is 84.2 Å². The van der Waals surface area contributed by atoms with Gasteiger partial charge in [-0.3, -0.25) is 9.13 Å². The molecule has 38 heavy (non-hydrogen) atoms. The molecule has 0 amide bonds. The number of hydrogen-bond donors (Lipinski definition) is 2. The van der Waals surface area contributed by atoms with Crippen molar-refractivity contribution in [1.82, 2.24) is 35.1 Å². The summed E-state index contributed by atoms with van der Waals surface area (Å²) >= 11 is 0. The van der Waals surface area contributed by atoms with Crippen LogP contribution in [-0.2, 0) is 18.4 Å². The van der Waals surface area contributed by atoms with E-state index in [0.29, 0.717) is 30.1 Å². The van der Waals surface area contributed by atoms with E-state index >= 15 is 0 Å². The molecule has 1 saturated carbocycles. The number of dihydropyridines is 1. The number of tetrazole rings is 1. The summed E-state index contributed by atoms with van der Waals surface area (Å²) in [7, 11) is 0. The summed E-state index contributed by atoms with van der Waals surface area (Å²) in [5.74, 6) is 2.11. The van der Waals surface area contributed by atoms with Gasteiger partial charge in [0.2, 0.25) is 5.82 Å². The number of benzene rings is 1. The minimum Gasteiger partial charge on any atom is -0.368 e. The van der Waals surface area contributed by atoms with Crippen LogP contribution in [0.5, 0.6) is 0 Å². The van der Waals surface area contributed by atoms with E-state index in [-0.39, 0.29) is 11.7 Å². The Morgan fingerprint density at radius 3 is 2.71 bits per heavy atom. The number of allylic oxidation sites excluding steroid dienone is 2. The minimum atomic E-state index is -0.488. The molecule has 1 aromatic carbocycles. The number of H-pyrrole nitrogens is 1. The zero-order chi connectivity index (χ0) is 26.7. The molecule has 0 saturated heterocycles. The average Bonchev–Trinajstić information content (AvgIpc) is 3.57. The van der Waals surface area contributed by atoms with Gasteiger partial charge in [0.15, 0.2) is 0 Å². The molecule has 3 unspecified atom stereocenters. The van der Waals surface area contributed by atoms with Crippen LogP contribution in [0.3, 0.4) is 0 Å². The molecule has 1 aliphatic heterocycles. The maximum atomic E-state index is 14.3. The average molecular weight is 516 g/mol. The van der Waals surface area contributed by atoms with Gasteiger partial charge in [-0.2, -0.15) is 5.21 Å². The SMILES string of the molecule is CCCCc1cn(C2C(C)CCCC2C(C)C)c(=O)n1CC1(c2cccc(-c3nn[nH]n3)c2)C=CNC=C1. The van der Waals surface area contributed by atoms with Crippen molar-refractivity contribution in [1.29, 1.82) is 0 Å². The fourth-order valence-corrected chi connectivity index (χ4v) is 6.52. The first-order valence-electron chi connectivity index (χ1n) is 14.2. The first-order chi connectivity index (χ1) is 18.4. The maximum absolute atomic E-state index is 14.3. The summed E-state index contributed by atoms with van der Waals surface area (Å²) in [6.45, 7) is 9.70. The van der Waals surface area contributed by atoms with Crippen LogP contribution in [0.1, 0.15) is 77.1 Å². The number of unbranched alkanes of at least 4 members (excludes halogenated alkanes) is 1. The van der Waals surface area contributed by atoms with E-state index in [2.05, 4.69) is 93.3 Å². The summed E-state index contributed by atoms with van der Waals surface area (Å²) in [5, 5.41) is 17.8. The second-order valence-corrected chi connectivity index (χ2v) is 11.5. The van der Waals surface area contributed by atoms with Gasteiger partial charge in [0.1, 0.15) is 0 Å². The molecule has 0 spiro atoms. The van der Waals surface area contributed by atoms with Crippen LogP contribution in [0.25, 0.3) is 11.4 Å². The Balaban J connectivity index is 1.59. The third-order valence-electron chi connectivity index (χ3n) is 8.65. The van der Waals surface area contributed by atoms with Crippen LogP contribution in [0.15, 0.2) is 59.8 Å². The number of hydrogen-bond acceptors (Lipinski definition) is 5. The number of imidazole rings is 1. The lowest BCUT2D eigenvalue weighted by Crippen LogP contribution is -2.40. The topological polar surface area (TPSA) is 93.4 Å². The summed E-state index contributed by atoms with van der Waals surface area (Å²) in [6, 6.07) is 8.48. The number of aromatic amines is 1. The molecule has 202 valence electrons. The molecule has 2 aliphatic rings. The van der Waals surface area contributed by atoms with Gasteiger partial charge in [-0.05, 0) is 72.7 Å². The van der Waals surface area contributed by atoms with E-state index in [1.54, 1.807) is 0 Å². The number of nitrogens with zero attached hydrogens (tertiary/aromatic N) is 5. The van der Waals surface area contributed by atoms with Crippen LogP contribution < -0.4 is 11.0 Å². The Bertz CT molecular complexity index is 1320. The highest BCUT2D eigenvalue weighted by Gasteiger charge is 2.37. The molecular weight excluding hydrogens is 474 g/mol. The zero-order valence-electron chi connectivity index (χ0n) is 23.1. The van der Waals surface area contributed by atoms with E-state index in [9.17, 15) is 4.79 Å². The van der Waals surface area contributed by atoms with Crippen LogP contribution in [0.4, 0.5) is 0 Å². The first-order valence-corrected chi connectivity index (χ1v) is 14.2. The molecule has 5 rings (SSSR count). The standard InChI is InChI=1S/C30H41N7O/c1-5-6-12-25-19-36(27-22(4)9-7-13-26(27)21(2)3)29(38)37(25)20-30(14-16-31-17-15-30)24-11-8-10-23(18-24)28-32-34-35-33-28/h8,10-11,14-19,21-22,26-27,31H,5-7,9,12-13,20H2,1-4H3,(H,32,33,34,35).